The van der Waals surface area contributed by atoms with Gasteiger partial charge < -0.3 is 15.0 Å². The van der Waals surface area contributed by atoms with Crippen LogP contribution in [0.1, 0.15) is 21.6 Å². The molecule has 0 unspecified atom stereocenters. The summed E-state index contributed by atoms with van der Waals surface area (Å²) in [5.74, 6) is -0.912. The van der Waals surface area contributed by atoms with Gasteiger partial charge in [-0.15, -0.1) is 0 Å². The van der Waals surface area contributed by atoms with E-state index in [9.17, 15) is 22.8 Å². The second-order valence-electron chi connectivity index (χ2n) is 7.04. The molecule has 4 aromatic rings. The third-order valence-corrected chi connectivity index (χ3v) is 4.61. The molecule has 2 aromatic heterocycles. The van der Waals surface area contributed by atoms with Crippen molar-refractivity contribution in [1.29, 1.82) is 0 Å². The second kappa shape index (κ2) is 8.54. The first-order valence-electron chi connectivity index (χ1n) is 9.59. The zero-order valence-electron chi connectivity index (χ0n) is 16.6. The maximum Gasteiger partial charge on any atom is 0.416 e. The number of carbonyl (C=O) groups excluding carboxylic acids is 2. The van der Waals surface area contributed by atoms with Crippen LogP contribution in [0.5, 0.6) is 0 Å². The predicted molar refractivity (Wildman–Crippen MR) is 113 cm³/mol. The minimum atomic E-state index is -4.51. The van der Waals surface area contributed by atoms with Crippen LogP contribution in [-0.4, -0.2) is 21.2 Å². The average molecular weight is 438 g/mol. The van der Waals surface area contributed by atoms with Gasteiger partial charge in [0.05, 0.1) is 17.7 Å². The van der Waals surface area contributed by atoms with Crippen LogP contribution in [-0.2, 0) is 17.4 Å². The third kappa shape index (κ3) is 4.94. The number of carbonyl (C=O) groups is 2. The van der Waals surface area contributed by atoms with Crippen LogP contribution >= 0.6 is 0 Å². The first-order chi connectivity index (χ1) is 15.3. The molecule has 162 valence electrons. The number of pyridine rings is 1. The van der Waals surface area contributed by atoms with E-state index in [0.717, 1.165) is 17.8 Å². The largest absolute Gasteiger partial charge is 0.416 e. The molecule has 0 aliphatic heterocycles. The Kier molecular flexibility index (Phi) is 5.63. The van der Waals surface area contributed by atoms with Crippen molar-refractivity contribution in [2.75, 3.05) is 10.6 Å². The Morgan fingerprint density at radius 1 is 0.906 bits per heavy atom. The number of amides is 2. The number of hydrogen-bond acceptors (Lipinski definition) is 3. The Balaban J connectivity index is 1.42. The Morgan fingerprint density at radius 2 is 1.66 bits per heavy atom. The maximum atomic E-state index is 12.9. The summed E-state index contributed by atoms with van der Waals surface area (Å²) in [5.41, 5.74) is 1.05. The molecule has 0 saturated heterocycles. The molecule has 4 rings (SSSR count). The Hall–Kier alpha value is -4.14. The molecule has 2 amide bonds. The van der Waals surface area contributed by atoms with Gasteiger partial charge in [0.25, 0.3) is 5.91 Å². The van der Waals surface area contributed by atoms with Gasteiger partial charge in [0.15, 0.2) is 0 Å². The van der Waals surface area contributed by atoms with Gasteiger partial charge in [-0.05, 0) is 48.5 Å². The first kappa shape index (κ1) is 21.1. The highest BCUT2D eigenvalue weighted by Crippen LogP contribution is 2.30. The number of benzene rings is 2. The Bertz CT molecular complexity index is 1260. The zero-order chi connectivity index (χ0) is 22.7. The number of hydrogen-bond donors (Lipinski definition) is 2. The molecule has 0 saturated carbocycles. The van der Waals surface area contributed by atoms with Gasteiger partial charge in [0.1, 0.15) is 5.65 Å². The van der Waals surface area contributed by atoms with Gasteiger partial charge in [0.2, 0.25) is 5.91 Å². The molecule has 9 heteroatoms. The normalized spacial score (nSPS) is 11.3. The highest BCUT2D eigenvalue weighted by Gasteiger charge is 2.30. The second-order valence-corrected chi connectivity index (χ2v) is 7.04. The SMILES string of the molecule is O=C(Cc1cn2ccccc2n1)Nc1cccc(C(=O)Nc2cccc(C(F)(F)F)c2)c1. The molecule has 0 aliphatic carbocycles. The van der Waals surface area contributed by atoms with Crippen LogP contribution in [0.4, 0.5) is 24.5 Å². The number of nitrogens with one attached hydrogen (secondary N) is 2. The van der Waals surface area contributed by atoms with E-state index in [4.69, 9.17) is 0 Å². The molecule has 0 atom stereocenters. The fourth-order valence-electron chi connectivity index (χ4n) is 3.16. The monoisotopic (exact) mass is 438 g/mol. The predicted octanol–water partition coefficient (Wildman–Crippen LogP) is 4.79. The summed E-state index contributed by atoms with van der Waals surface area (Å²) in [5, 5.41) is 5.15. The fraction of sp³-hybridized carbons (Fsp3) is 0.0870. The van der Waals surface area contributed by atoms with Gasteiger partial charge in [-0.2, -0.15) is 13.2 Å². The molecule has 32 heavy (non-hydrogen) atoms. The molecule has 0 aliphatic rings. The molecular formula is C23H17F3N4O2. The number of rotatable bonds is 5. The van der Waals surface area contributed by atoms with E-state index in [2.05, 4.69) is 15.6 Å². The molecule has 2 heterocycles. The summed E-state index contributed by atoms with van der Waals surface area (Å²) in [6, 6.07) is 16.0. The van der Waals surface area contributed by atoms with Crippen LogP contribution in [0.15, 0.2) is 79.1 Å². The van der Waals surface area contributed by atoms with E-state index in [1.54, 1.807) is 22.7 Å². The Morgan fingerprint density at radius 3 is 2.41 bits per heavy atom. The van der Waals surface area contributed by atoms with E-state index in [0.29, 0.717) is 11.4 Å². The highest BCUT2D eigenvalue weighted by molar-refractivity contribution is 6.05. The topological polar surface area (TPSA) is 75.5 Å². The third-order valence-electron chi connectivity index (χ3n) is 4.61. The quantitative estimate of drug-likeness (QED) is 0.471. The maximum absolute atomic E-state index is 12.9. The molecule has 0 fully saturated rings. The Labute approximate surface area is 180 Å². The van der Waals surface area contributed by atoms with Crippen molar-refractivity contribution in [1.82, 2.24) is 9.38 Å². The average Bonchev–Trinajstić information content (AvgIpc) is 3.15. The van der Waals surface area contributed by atoms with E-state index >= 15 is 0 Å². The lowest BCUT2D eigenvalue weighted by molar-refractivity contribution is -0.137. The first-order valence-corrected chi connectivity index (χ1v) is 9.59. The van der Waals surface area contributed by atoms with Crippen molar-refractivity contribution in [3.8, 4) is 0 Å². The van der Waals surface area contributed by atoms with Crippen molar-refractivity contribution in [2.24, 2.45) is 0 Å². The number of aromatic nitrogens is 2. The smallest absolute Gasteiger partial charge is 0.326 e. The van der Waals surface area contributed by atoms with Gasteiger partial charge in [-0.25, -0.2) is 4.98 Å². The summed E-state index contributed by atoms with van der Waals surface area (Å²) in [4.78, 5) is 29.2. The molecule has 6 nitrogen and oxygen atoms in total. The lowest BCUT2D eigenvalue weighted by atomic mass is 10.1. The summed E-state index contributed by atoms with van der Waals surface area (Å²) in [7, 11) is 0. The summed E-state index contributed by atoms with van der Waals surface area (Å²) in [6.45, 7) is 0. The number of alkyl halides is 3. The summed E-state index contributed by atoms with van der Waals surface area (Å²) >= 11 is 0. The molecule has 0 radical (unpaired) electrons. The number of nitrogens with zero attached hydrogens (tertiary/aromatic N) is 2. The molecular weight excluding hydrogens is 421 g/mol. The molecule has 2 aromatic carbocycles. The fourth-order valence-corrected chi connectivity index (χ4v) is 3.16. The van der Waals surface area contributed by atoms with Crippen LogP contribution in [0, 0.1) is 0 Å². The number of fused-ring (bicyclic) bond motifs is 1. The van der Waals surface area contributed by atoms with Crippen molar-refractivity contribution in [2.45, 2.75) is 12.6 Å². The summed E-state index contributed by atoms with van der Waals surface area (Å²) in [6.07, 6.45) is -0.877. The van der Waals surface area contributed by atoms with E-state index in [-0.39, 0.29) is 23.6 Å². The molecule has 0 bridgehead atoms. The van der Waals surface area contributed by atoms with Crippen LogP contribution in [0.2, 0.25) is 0 Å². The van der Waals surface area contributed by atoms with Crippen molar-refractivity contribution < 1.29 is 22.8 Å². The minimum Gasteiger partial charge on any atom is -0.326 e. The lowest BCUT2D eigenvalue weighted by Gasteiger charge is -2.11. The van der Waals surface area contributed by atoms with Gasteiger partial charge in [-0.3, -0.25) is 9.59 Å². The summed E-state index contributed by atoms with van der Waals surface area (Å²) < 4.78 is 40.4. The van der Waals surface area contributed by atoms with Gasteiger partial charge in [-0.1, -0.05) is 18.2 Å². The lowest BCUT2D eigenvalue weighted by Crippen LogP contribution is -2.16. The van der Waals surface area contributed by atoms with Gasteiger partial charge >= 0.3 is 6.18 Å². The van der Waals surface area contributed by atoms with E-state index < -0.39 is 17.6 Å². The zero-order valence-corrected chi connectivity index (χ0v) is 16.6. The minimum absolute atomic E-state index is 0.0195. The number of anilines is 2. The van der Waals surface area contributed by atoms with Crippen LogP contribution in [0.3, 0.4) is 0 Å². The number of halogens is 3. The van der Waals surface area contributed by atoms with Crippen LogP contribution in [0.25, 0.3) is 5.65 Å². The highest BCUT2D eigenvalue weighted by atomic mass is 19.4. The molecule has 0 spiro atoms. The standard InChI is InChI=1S/C23H17F3N4O2/c24-23(25,26)16-6-4-8-18(12-16)29-22(32)15-5-3-7-17(11-15)28-21(31)13-19-14-30-10-2-1-9-20(30)27-19/h1-12,14H,13H2,(H,28,31)(H,29,32). The van der Waals surface area contributed by atoms with Crippen LogP contribution < -0.4 is 10.6 Å². The van der Waals surface area contributed by atoms with Crippen molar-refractivity contribution in [3.05, 3.63) is 95.9 Å². The van der Waals surface area contributed by atoms with Crippen molar-refractivity contribution >= 4 is 28.8 Å². The van der Waals surface area contributed by atoms with E-state index in [1.165, 1.54) is 24.3 Å². The van der Waals surface area contributed by atoms with E-state index in [1.807, 2.05) is 24.4 Å². The van der Waals surface area contributed by atoms with Gasteiger partial charge in [0, 0.05) is 29.3 Å². The van der Waals surface area contributed by atoms with Crippen molar-refractivity contribution in [3.63, 3.8) is 0 Å². The molecule has 2 N–H and O–H groups in total. The number of imidazole rings is 1.